The molecule has 0 aliphatic carbocycles. The molecule has 21 heavy (non-hydrogen) atoms. The third-order valence-corrected chi connectivity index (χ3v) is 3.09. The lowest BCUT2D eigenvalue weighted by molar-refractivity contribution is 0.0999. The first-order valence-electron chi connectivity index (χ1n) is 6.49. The number of anilines is 1. The molecule has 2 aromatic rings. The third-order valence-electron chi connectivity index (χ3n) is 3.09. The van der Waals surface area contributed by atoms with Gasteiger partial charge in [0.25, 0.3) is 0 Å². The highest BCUT2D eigenvalue weighted by Crippen LogP contribution is 2.17. The molecular formula is C16H18N2O3. The van der Waals surface area contributed by atoms with Crippen molar-refractivity contribution in [2.45, 2.75) is 13.2 Å². The Morgan fingerprint density at radius 2 is 1.95 bits per heavy atom. The minimum absolute atomic E-state index is 0.363. The Hall–Kier alpha value is -2.53. The molecule has 0 heterocycles. The third kappa shape index (κ3) is 3.97. The number of rotatable bonds is 6. The van der Waals surface area contributed by atoms with E-state index >= 15 is 0 Å². The molecule has 1 amide bonds. The molecule has 0 aliphatic rings. The number of primary amides is 1. The number of ether oxygens (including phenoxy) is 2. The van der Waals surface area contributed by atoms with Gasteiger partial charge in [0.2, 0.25) is 5.91 Å². The van der Waals surface area contributed by atoms with Gasteiger partial charge in [0.1, 0.15) is 5.75 Å². The van der Waals surface area contributed by atoms with E-state index in [0.29, 0.717) is 24.5 Å². The molecule has 0 saturated carbocycles. The fraction of sp³-hybridized carbons (Fsp3) is 0.188. The molecule has 0 fully saturated rings. The lowest BCUT2D eigenvalue weighted by Gasteiger charge is -2.09. The molecule has 0 aliphatic heterocycles. The summed E-state index contributed by atoms with van der Waals surface area (Å²) in [5, 5.41) is 0. The monoisotopic (exact) mass is 286 g/mol. The van der Waals surface area contributed by atoms with Crippen LogP contribution in [0.3, 0.4) is 0 Å². The summed E-state index contributed by atoms with van der Waals surface area (Å²) in [6.45, 7) is 0.816. The molecule has 5 heteroatoms. The van der Waals surface area contributed by atoms with Gasteiger partial charge in [0.15, 0.2) is 0 Å². The summed E-state index contributed by atoms with van der Waals surface area (Å²) >= 11 is 0. The summed E-state index contributed by atoms with van der Waals surface area (Å²) in [5.41, 5.74) is 13.8. The zero-order chi connectivity index (χ0) is 15.2. The summed E-state index contributed by atoms with van der Waals surface area (Å²) in [6.07, 6.45) is 0. The van der Waals surface area contributed by atoms with Crippen molar-refractivity contribution in [2.24, 2.45) is 5.73 Å². The van der Waals surface area contributed by atoms with Crippen molar-refractivity contribution in [1.82, 2.24) is 0 Å². The van der Waals surface area contributed by atoms with Gasteiger partial charge in [-0.3, -0.25) is 4.79 Å². The Bertz CT molecular complexity index is 641. The van der Waals surface area contributed by atoms with Crippen LogP contribution in [0.15, 0.2) is 42.5 Å². The van der Waals surface area contributed by atoms with E-state index in [0.717, 1.165) is 16.9 Å². The standard InChI is InChI=1S/C16H18N2O3/c1-20-14-4-2-3-11(7-14)9-21-10-13-6-5-12(16(18)19)8-15(13)17/h2-8H,9-10,17H2,1H3,(H2,18,19). The van der Waals surface area contributed by atoms with E-state index in [9.17, 15) is 4.79 Å². The van der Waals surface area contributed by atoms with Crippen molar-refractivity contribution in [3.63, 3.8) is 0 Å². The Balaban J connectivity index is 1.95. The Kier molecular flexibility index (Phi) is 4.79. The van der Waals surface area contributed by atoms with E-state index < -0.39 is 5.91 Å². The Labute approximate surface area is 123 Å². The van der Waals surface area contributed by atoms with Crippen LogP contribution in [0, 0.1) is 0 Å². The van der Waals surface area contributed by atoms with Gasteiger partial charge in [-0.05, 0) is 29.8 Å². The van der Waals surface area contributed by atoms with E-state index in [1.54, 1.807) is 25.3 Å². The zero-order valence-electron chi connectivity index (χ0n) is 11.8. The summed E-state index contributed by atoms with van der Waals surface area (Å²) in [6, 6.07) is 12.6. The van der Waals surface area contributed by atoms with Crippen LogP contribution in [0.2, 0.25) is 0 Å². The summed E-state index contributed by atoms with van der Waals surface area (Å²) in [4.78, 5) is 11.0. The second-order valence-corrected chi connectivity index (χ2v) is 4.62. The second-order valence-electron chi connectivity index (χ2n) is 4.62. The fourth-order valence-electron chi connectivity index (χ4n) is 1.92. The highest BCUT2D eigenvalue weighted by atomic mass is 16.5. The first kappa shape index (κ1) is 14.9. The van der Waals surface area contributed by atoms with E-state index in [1.165, 1.54) is 0 Å². The molecule has 4 N–H and O–H groups in total. The van der Waals surface area contributed by atoms with Gasteiger partial charge in [-0.2, -0.15) is 0 Å². The minimum Gasteiger partial charge on any atom is -0.497 e. The summed E-state index contributed by atoms with van der Waals surface area (Å²) in [7, 11) is 1.63. The quantitative estimate of drug-likeness (QED) is 0.796. The zero-order valence-corrected chi connectivity index (χ0v) is 11.8. The number of benzene rings is 2. The van der Waals surface area contributed by atoms with Crippen LogP contribution in [0.4, 0.5) is 5.69 Å². The second kappa shape index (κ2) is 6.76. The van der Waals surface area contributed by atoms with Crippen molar-refractivity contribution in [3.8, 4) is 5.75 Å². The van der Waals surface area contributed by atoms with Gasteiger partial charge in [-0.15, -0.1) is 0 Å². The van der Waals surface area contributed by atoms with E-state index in [2.05, 4.69) is 0 Å². The molecule has 0 radical (unpaired) electrons. The molecule has 0 spiro atoms. The number of amides is 1. The molecule has 110 valence electrons. The summed E-state index contributed by atoms with van der Waals surface area (Å²) < 4.78 is 10.8. The van der Waals surface area contributed by atoms with Crippen LogP contribution in [0.5, 0.6) is 5.75 Å². The largest absolute Gasteiger partial charge is 0.497 e. The minimum atomic E-state index is -0.495. The maximum absolute atomic E-state index is 11.0. The fourth-order valence-corrected chi connectivity index (χ4v) is 1.92. The molecule has 0 atom stereocenters. The van der Waals surface area contributed by atoms with Crippen LogP contribution in [0.1, 0.15) is 21.5 Å². The smallest absolute Gasteiger partial charge is 0.248 e. The van der Waals surface area contributed by atoms with Crippen molar-refractivity contribution in [3.05, 3.63) is 59.2 Å². The van der Waals surface area contributed by atoms with Crippen LogP contribution in [0.25, 0.3) is 0 Å². The van der Waals surface area contributed by atoms with E-state index in [4.69, 9.17) is 20.9 Å². The van der Waals surface area contributed by atoms with Crippen molar-refractivity contribution >= 4 is 11.6 Å². The molecule has 5 nitrogen and oxygen atoms in total. The molecule has 0 unspecified atom stereocenters. The van der Waals surface area contributed by atoms with Gasteiger partial charge in [-0.1, -0.05) is 18.2 Å². The lowest BCUT2D eigenvalue weighted by atomic mass is 10.1. The van der Waals surface area contributed by atoms with Gasteiger partial charge in [0.05, 0.1) is 20.3 Å². The summed E-state index contributed by atoms with van der Waals surface area (Å²) in [5.74, 6) is 0.298. The lowest BCUT2D eigenvalue weighted by Crippen LogP contribution is -2.11. The van der Waals surface area contributed by atoms with Crippen molar-refractivity contribution in [1.29, 1.82) is 0 Å². The molecule has 0 saturated heterocycles. The number of nitrogens with two attached hydrogens (primary N) is 2. The number of hydrogen-bond donors (Lipinski definition) is 2. The highest BCUT2D eigenvalue weighted by Gasteiger charge is 2.05. The number of carbonyl (C=O) groups is 1. The van der Waals surface area contributed by atoms with Crippen LogP contribution in [-0.2, 0) is 18.0 Å². The Morgan fingerprint density at radius 3 is 2.62 bits per heavy atom. The maximum atomic E-state index is 11.0. The van der Waals surface area contributed by atoms with Gasteiger partial charge in [0, 0.05) is 16.8 Å². The van der Waals surface area contributed by atoms with Crippen molar-refractivity contribution in [2.75, 3.05) is 12.8 Å². The van der Waals surface area contributed by atoms with Gasteiger partial charge >= 0.3 is 0 Å². The Morgan fingerprint density at radius 1 is 1.14 bits per heavy atom. The average Bonchev–Trinajstić information content (AvgIpc) is 2.49. The SMILES string of the molecule is COc1cccc(COCc2ccc(C(N)=O)cc2N)c1. The van der Waals surface area contributed by atoms with Crippen LogP contribution in [-0.4, -0.2) is 13.0 Å². The molecule has 2 rings (SSSR count). The highest BCUT2D eigenvalue weighted by molar-refractivity contribution is 5.93. The molecular weight excluding hydrogens is 268 g/mol. The number of hydrogen-bond acceptors (Lipinski definition) is 4. The topological polar surface area (TPSA) is 87.6 Å². The van der Waals surface area contributed by atoms with Crippen LogP contribution >= 0.6 is 0 Å². The number of methoxy groups -OCH3 is 1. The van der Waals surface area contributed by atoms with E-state index in [1.807, 2.05) is 24.3 Å². The molecule has 0 aromatic heterocycles. The molecule has 0 bridgehead atoms. The first-order chi connectivity index (χ1) is 10.1. The predicted molar refractivity (Wildman–Crippen MR) is 80.9 cm³/mol. The average molecular weight is 286 g/mol. The number of nitrogen functional groups attached to an aromatic ring is 1. The molecule has 2 aromatic carbocycles. The van der Waals surface area contributed by atoms with Crippen molar-refractivity contribution < 1.29 is 14.3 Å². The first-order valence-corrected chi connectivity index (χ1v) is 6.49. The maximum Gasteiger partial charge on any atom is 0.248 e. The predicted octanol–water partition coefficient (Wildman–Crippen LogP) is 2.09. The normalized spacial score (nSPS) is 10.3. The van der Waals surface area contributed by atoms with E-state index in [-0.39, 0.29) is 0 Å². The number of carbonyl (C=O) groups excluding carboxylic acids is 1. The van der Waals surface area contributed by atoms with Crippen LogP contribution < -0.4 is 16.2 Å². The van der Waals surface area contributed by atoms with Gasteiger partial charge in [-0.25, -0.2) is 0 Å². The van der Waals surface area contributed by atoms with Gasteiger partial charge < -0.3 is 20.9 Å².